The summed E-state index contributed by atoms with van der Waals surface area (Å²) in [5.41, 5.74) is 7.51. The molecule has 8 nitrogen and oxygen atoms in total. The maximum absolute atomic E-state index is 12.6. The zero-order valence-corrected chi connectivity index (χ0v) is 27.4. The molecule has 5 aromatic rings. The van der Waals surface area contributed by atoms with Crippen molar-refractivity contribution in [2.45, 2.75) is 34.0 Å². The lowest BCUT2D eigenvalue weighted by Gasteiger charge is -2.15. The Kier molecular flexibility index (Phi) is 10.3. The average molecular weight is 724 g/mol. The van der Waals surface area contributed by atoms with Crippen LogP contribution in [0, 0.1) is 17.4 Å². The number of rotatable bonds is 12. The van der Waals surface area contributed by atoms with Crippen molar-refractivity contribution in [3.63, 3.8) is 0 Å². The number of carbonyl (C=O) groups excluding carboxylic acids is 1. The van der Waals surface area contributed by atoms with Crippen LogP contribution in [0.2, 0.25) is 5.02 Å². The first-order valence-corrected chi connectivity index (χ1v) is 15.4. The van der Waals surface area contributed by atoms with E-state index in [-0.39, 0.29) is 12.4 Å². The molecule has 44 heavy (non-hydrogen) atoms. The third-order valence-electron chi connectivity index (χ3n) is 6.67. The minimum atomic E-state index is -0.478. The third kappa shape index (κ3) is 7.64. The topological polar surface area (TPSA) is 87.2 Å². The highest BCUT2D eigenvalue weighted by atomic mass is 127. The lowest BCUT2D eigenvalue weighted by Crippen LogP contribution is -2.16. The molecule has 3 aromatic carbocycles. The van der Waals surface area contributed by atoms with Gasteiger partial charge in [-0.15, -0.1) is 0 Å². The quantitative estimate of drug-likeness (QED) is 0.0796. The number of furan rings is 1. The summed E-state index contributed by atoms with van der Waals surface area (Å²) in [4.78, 5) is 12.6. The van der Waals surface area contributed by atoms with Gasteiger partial charge >= 0.3 is 5.91 Å². The fourth-order valence-electron chi connectivity index (χ4n) is 4.55. The molecular formula is C34H31ClIN3O5. The van der Waals surface area contributed by atoms with Crippen molar-refractivity contribution in [1.82, 2.24) is 9.99 Å². The number of hydrogen-bond acceptors (Lipinski definition) is 6. The van der Waals surface area contributed by atoms with Gasteiger partial charge in [0, 0.05) is 27.7 Å². The van der Waals surface area contributed by atoms with Crippen LogP contribution in [0.5, 0.6) is 17.2 Å². The second kappa shape index (κ2) is 14.5. The SMILES string of the molecule is CCOc1cc(/C=N/NC(=O)c2ccc(COc3ccc(-n4c(C)ccc4C)cc3)o2)cc(I)c1OCc1ccccc1Cl. The fourth-order valence-corrected chi connectivity index (χ4v) is 5.52. The summed E-state index contributed by atoms with van der Waals surface area (Å²) >= 11 is 8.46. The van der Waals surface area contributed by atoms with E-state index in [9.17, 15) is 4.79 Å². The molecule has 0 saturated carbocycles. The van der Waals surface area contributed by atoms with E-state index in [0.717, 1.165) is 20.4 Å². The Morgan fingerprint density at radius 1 is 0.955 bits per heavy atom. The predicted octanol–water partition coefficient (Wildman–Crippen LogP) is 8.27. The highest BCUT2D eigenvalue weighted by Crippen LogP contribution is 2.35. The number of halogens is 2. The van der Waals surface area contributed by atoms with Crippen molar-refractivity contribution >= 4 is 46.3 Å². The molecule has 1 amide bonds. The molecule has 0 aliphatic rings. The molecule has 1 N–H and O–H groups in total. The van der Waals surface area contributed by atoms with E-state index in [2.05, 4.69) is 63.7 Å². The van der Waals surface area contributed by atoms with Gasteiger partial charge in [0.25, 0.3) is 0 Å². The Balaban J connectivity index is 1.16. The zero-order valence-electron chi connectivity index (χ0n) is 24.5. The first kappa shape index (κ1) is 31.2. The Labute approximate surface area is 274 Å². The minimum absolute atomic E-state index is 0.127. The highest BCUT2D eigenvalue weighted by Gasteiger charge is 2.14. The van der Waals surface area contributed by atoms with Crippen LogP contribution in [0.1, 0.15) is 45.8 Å². The lowest BCUT2D eigenvalue weighted by atomic mass is 10.2. The van der Waals surface area contributed by atoms with E-state index in [1.807, 2.05) is 61.5 Å². The molecule has 10 heteroatoms. The van der Waals surface area contributed by atoms with Gasteiger partial charge in [0.1, 0.15) is 24.7 Å². The van der Waals surface area contributed by atoms with E-state index in [1.165, 1.54) is 17.6 Å². The van der Waals surface area contributed by atoms with Gasteiger partial charge in [0.05, 0.1) is 16.4 Å². The molecule has 0 atom stereocenters. The number of nitrogens with zero attached hydrogens (tertiary/aromatic N) is 2. The second-order valence-corrected chi connectivity index (χ2v) is 11.4. The first-order valence-electron chi connectivity index (χ1n) is 13.9. The number of hydrogen-bond donors (Lipinski definition) is 1. The van der Waals surface area contributed by atoms with Gasteiger partial charge in [-0.2, -0.15) is 5.10 Å². The van der Waals surface area contributed by atoms with Crippen LogP contribution in [0.3, 0.4) is 0 Å². The van der Waals surface area contributed by atoms with E-state index >= 15 is 0 Å². The number of benzene rings is 3. The van der Waals surface area contributed by atoms with Crippen LogP contribution in [0.15, 0.2) is 94.4 Å². The second-order valence-electron chi connectivity index (χ2n) is 9.84. The third-order valence-corrected chi connectivity index (χ3v) is 7.84. The molecule has 0 aliphatic heterocycles. The molecule has 0 saturated heterocycles. The van der Waals surface area contributed by atoms with Crippen molar-refractivity contribution in [2.24, 2.45) is 5.10 Å². The van der Waals surface area contributed by atoms with Gasteiger partial charge in [-0.25, -0.2) is 5.43 Å². The minimum Gasteiger partial charge on any atom is -0.490 e. The van der Waals surface area contributed by atoms with E-state index in [1.54, 1.807) is 18.2 Å². The number of ether oxygens (including phenoxy) is 3. The molecular weight excluding hydrogens is 693 g/mol. The van der Waals surface area contributed by atoms with Gasteiger partial charge in [-0.3, -0.25) is 4.79 Å². The van der Waals surface area contributed by atoms with E-state index in [0.29, 0.717) is 41.2 Å². The van der Waals surface area contributed by atoms with Gasteiger partial charge in [-0.05, 0) is 116 Å². The maximum atomic E-state index is 12.6. The number of aryl methyl sites for hydroxylation is 2. The van der Waals surface area contributed by atoms with Crippen LogP contribution in [0.25, 0.3) is 5.69 Å². The summed E-state index contributed by atoms with van der Waals surface area (Å²) in [6, 6.07) is 26.5. The Bertz CT molecular complexity index is 1760. The lowest BCUT2D eigenvalue weighted by molar-refractivity contribution is 0.0923. The maximum Gasteiger partial charge on any atom is 0.307 e. The van der Waals surface area contributed by atoms with E-state index in [4.69, 9.17) is 30.2 Å². The van der Waals surface area contributed by atoms with Crippen LogP contribution < -0.4 is 19.6 Å². The fraction of sp³-hybridized carbons (Fsp3) is 0.176. The first-order chi connectivity index (χ1) is 21.3. The van der Waals surface area contributed by atoms with Crippen LogP contribution in [-0.2, 0) is 13.2 Å². The molecule has 0 spiro atoms. The summed E-state index contributed by atoms with van der Waals surface area (Å²) in [6.07, 6.45) is 1.54. The van der Waals surface area contributed by atoms with Crippen molar-refractivity contribution in [2.75, 3.05) is 6.61 Å². The summed E-state index contributed by atoms with van der Waals surface area (Å²) in [5.74, 6) is 2.05. The number of carbonyl (C=O) groups is 1. The summed E-state index contributed by atoms with van der Waals surface area (Å²) in [5, 5.41) is 4.74. The van der Waals surface area contributed by atoms with Crippen molar-refractivity contribution in [3.8, 4) is 22.9 Å². The molecule has 0 fully saturated rings. The van der Waals surface area contributed by atoms with Crippen molar-refractivity contribution in [3.05, 3.63) is 128 Å². The summed E-state index contributed by atoms with van der Waals surface area (Å²) < 4.78 is 26.4. The Hall–Kier alpha value is -4.22. The van der Waals surface area contributed by atoms with Crippen LogP contribution in [-0.4, -0.2) is 23.3 Å². The average Bonchev–Trinajstić information content (AvgIpc) is 3.63. The monoisotopic (exact) mass is 723 g/mol. The summed E-state index contributed by atoms with van der Waals surface area (Å²) in [7, 11) is 0. The number of nitrogens with one attached hydrogen (secondary N) is 1. The Morgan fingerprint density at radius 3 is 2.43 bits per heavy atom. The molecule has 0 unspecified atom stereocenters. The number of amides is 1. The predicted molar refractivity (Wildman–Crippen MR) is 179 cm³/mol. The summed E-state index contributed by atoms with van der Waals surface area (Å²) in [6.45, 7) is 6.99. The van der Waals surface area contributed by atoms with Gasteiger partial charge in [-0.1, -0.05) is 29.8 Å². The largest absolute Gasteiger partial charge is 0.490 e. The number of aromatic nitrogens is 1. The smallest absolute Gasteiger partial charge is 0.307 e. The Morgan fingerprint density at radius 2 is 1.70 bits per heavy atom. The number of hydrazone groups is 1. The molecule has 226 valence electrons. The van der Waals surface area contributed by atoms with Crippen LogP contribution >= 0.6 is 34.2 Å². The molecule has 2 aromatic heterocycles. The molecule has 0 aliphatic carbocycles. The van der Waals surface area contributed by atoms with Crippen LogP contribution in [0.4, 0.5) is 0 Å². The zero-order chi connectivity index (χ0) is 31.1. The van der Waals surface area contributed by atoms with Crippen molar-refractivity contribution < 1.29 is 23.4 Å². The molecule has 2 heterocycles. The molecule has 5 rings (SSSR count). The highest BCUT2D eigenvalue weighted by molar-refractivity contribution is 14.1. The normalized spacial score (nSPS) is 11.1. The van der Waals surface area contributed by atoms with E-state index < -0.39 is 5.91 Å². The molecule has 0 bridgehead atoms. The molecule has 0 radical (unpaired) electrons. The van der Waals surface area contributed by atoms with Gasteiger partial charge in [0.15, 0.2) is 17.3 Å². The van der Waals surface area contributed by atoms with Gasteiger partial charge < -0.3 is 23.2 Å². The standard InChI is InChI=1S/C34H31ClIN3O5/c1-4-41-32-18-24(17-30(36)33(32)43-20-25-7-5-6-8-29(25)35)19-37-38-34(40)31-16-15-28(44-31)21-42-27-13-11-26(12-14-27)39-22(2)9-10-23(39)3/h5-19H,4,20-21H2,1-3H3,(H,38,40)/b37-19+. The van der Waals surface area contributed by atoms with Gasteiger partial charge in [0.2, 0.25) is 0 Å². The van der Waals surface area contributed by atoms with Crippen molar-refractivity contribution in [1.29, 1.82) is 0 Å².